The number of amides is 2. The van der Waals surface area contributed by atoms with Crippen molar-refractivity contribution in [1.29, 1.82) is 0 Å². The minimum Gasteiger partial charge on any atom is -0.371 e. The molecule has 1 aromatic heterocycles. The first kappa shape index (κ1) is 15.0. The van der Waals surface area contributed by atoms with Gasteiger partial charge in [-0.15, -0.1) is 0 Å². The number of hydrogen-bond acceptors (Lipinski definition) is 5. The van der Waals surface area contributed by atoms with E-state index >= 15 is 0 Å². The van der Waals surface area contributed by atoms with Crippen LogP contribution in [0.1, 0.15) is 19.3 Å². The van der Waals surface area contributed by atoms with Crippen LogP contribution in [-0.2, 0) is 4.74 Å². The largest absolute Gasteiger partial charge is 0.371 e. The number of nitrogens with zero attached hydrogens (tertiary/aromatic N) is 4. The molecular weight excluding hydrogens is 282 g/mol. The fourth-order valence-electron chi connectivity index (χ4n) is 3.32. The zero-order valence-corrected chi connectivity index (χ0v) is 13.2. The Balaban J connectivity index is 1.62. The number of ether oxygens (including phenoxy) is 1. The van der Waals surface area contributed by atoms with Gasteiger partial charge in [0.05, 0.1) is 24.8 Å². The Kier molecular flexibility index (Phi) is 4.15. The van der Waals surface area contributed by atoms with Gasteiger partial charge in [-0.05, 0) is 18.9 Å². The number of anilines is 1. The normalized spacial score (nSPS) is 27.9. The molecule has 2 atom stereocenters. The minimum absolute atomic E-state index is 0.0606. The molecule has 7 heteroatoms. The summed E-state index contributed by atoms with van der Waals surface area (Å²) in [4.78, 5) is 24.1. The fraction of sp³-hybridized carbons (Fsp3) is 0.667. The van der Waals surface area contributed by atoms with Crippen LogP contribution < -0.4 is 5.32 Å². The van der Waals surface area contributed by atoms with Gasteiger partial charge >= 0.3 is 6.03 Å². The molecule has 120 valence electrons. The third-order valence-corrected chi connectivity index (χ3v) is 4.30. The molecule has 1 aromatic rings. The predicted octanol–water partition coefficient (Wildman–Crippen LogP) is 1.19. The Hall–Kier alpha value is -1.89. The fourth-order valence-corrected chi connectivity index (χ4v) is 3.32. The summed E-state index contributed by atoms with van der Waals surface area (Å²) in [5, 5.41) is 3.32. The van der Waals surface area contributed by atoms with Crippen LogP contribution in [0.5, 0.6) is 0 Å². The van der Waals surface area contributed by atoms with Crippen LogP contribution in [0.4, 0.5) is 10.7 Å². The zero-order valence-electron chi connectivity index (χ0n) is 13.2. The van der Waals surface area contributed by atoms with Crippen molar-refractivity contribution in [3.8, 4) is 0 Å². The van der Waals surface area contributed by atoms with Gasteiger partial charge in [-0.2, -0.15) is 0 Å². The van der Waals surface area contributed by atoms with Gasteiger partial charge in [0.2, 0.25) is 5.95 Å². The van der Waals surface area contributed by atoms with Gasteiger partial charge in [0, 0.05) is 39.5 Å². The Morgan fingerprint density at radius 2 is 2.23 bits per heavy atom. The van der Waals surface area contributed by atoms with E-state index in [-0.39, 0.29) is 17.7 Å². The summed E-state index contributed by atoms with van der Waals surface area (Å²) < 4.78 is 6.10. The van der Waals surface area contributed by atoms with Crippen molar-refractivity contribution >= 4 is 12.0 Å². The number of piperidine rings is 1. The van der Waals surface area contributed by atoms with Crippen LogP contribution in [0.3, 0.4) is 0 Å². The topological polar surface area (TPSA) is 70.6 Å². The number of likely N-dealkylation sites (tertiary alicyclic amines) is 1. The van der Waals surface area contributed by atoms with Crippen molar-refractivity contribution in [3.63, 3.8) is 0 Å². The quantitative estimate of drug-likeness (QED) is 0.889. The molecule has 2 saturated heterocycles. The number of carbonyl (C=O) groups excluding carboxylic acids is 1. The second-order valence-corrected chi connectivity index (χ2v) is 6.31. The number of rotatable bonds is 2. The molecular formula is C15H23N5O2. The van der Waals surface area contributed by atoms with E-state index < -0.39 is 0 Å². The number of hydrogen-bond donors (Lipinski definition) is 1. The SMILES string of the molecule is CN(C)C(=O)N1CCCC2(CC(Nc3ncccn3)CO2)C1. The highest BCUT2D eigenvalue weighted by molar-refractivity contribution is 5.74. The Labute approximate surface area is 130 Å². The van der Waals surface area contributed by atoms with E-state index in [4.69, 9.17) is 4.74 Å². The standard InChI is InChI=1S/C15H23N5O2/c1-19(2)14(21)20-8-3-5-15(11-20)9-12(10-22-15)18-13-16-6-4-7-17-13/h4,6-7,12H,3,5,8-11H2,1-2H3,(H,16,17,18). The molecule has 1 spiro atoms. The molecule has 0 radical (unpaired) electrons. The molecule has 2 unspecified atom stereocenters. The Bertz CT molecular complexity index is 524. The molecule has 1 N–H and O–H groups in total. The Morgan fingerprint density at radius 1 is 1.45 bits per heavy atom. The molecule has 0 bridgehead atoms. The first-order valence-electron chi connectivity index (χ1n) is 7.72. The van der Waals surface area contributed by atoms with Gasteiger partial charge in [-0.25, -0.2) is 14.8 Å². The smallest absolute Gasteiger partial charge is 0.319 e. The van der Waals surface area contributed by atoms with Gasteiger partial charge in [-0.1, -0.05) is 0 Å². The molecule has 3 heterocycles. The number of nitrogens with one attached hydrogen (secondary N) is 1. The molecule has 0 saturated carbocycles. The second-order valence-electron chi connectivity index (χ2n) is 6.31. The van der Waals surface area contributed by atoms with Crippen LogP contribution in [-0.4, -0.2) is 71.2 Å². The highest BCUT2D eigenvalue weighted by Gasteiger charge is 2.44. The van der Waals surface area contributed by atoms with Crippen LogP contribution in [0.15, 0.2) is 18.5 Å². The van der Waals surface area contributed by atoms with E-state index in [1.54, 1.807) is 37.5 Å². The van der Waals surface area contributed by atoms with Crippen molar-refractivity contribution in [3.05, 3.63) is 18.5 Å². The maximum Gasteiger partial charge on any atom is 0.319 e. The highest BCUT2D eigenvalue weighted by atomic mass is 16.5. The molecule has 2 aliphatic heterocycles. The highest BCUT2D eigenvalue weighted by Crippen LogP contribution is 2.35. The predicted molar refractivity (Wildman–Crippen MR) is 82.6 cm³/mol. The van der Waals surface area contributed by atoms with E-state index in [9.17, 15) is 4.79 Å². The minimum atomic E-state index is -0.226. The summed E-state index contributed by atoms with van der Waals surface area (Å²) in [5.74, 6) is 0.630. The molecule has 0 aromatic carbocycles. The molecule has 3 rings (SSSR count). The monoisotopic (exact) mass is 305 g/mol. The number of aromatic nitrogens is 2. The summed E-state index contributed by atoms with van der Waals surface area (Å²) in [6.45, 7) is 2.10. The lowest BCUT2D eigenvalue weighted by Crippen LogP contribution is -2.52. The average molecular weight is 305 g/mol. The second kappa shape index (κ2) is 6.08. The first-order chi connectivity index (χ1) is 10.6. The third-order valence-electron chi connectivity index (χ3n) is 4.30. The maximum atomic E-state index is 12.2. The maximum absolute atomic E-state index is 12.2. The van der Waals surface area contributed by atoms with Crippen molar-refractivity contribution in [1.82, 2.24) is 19.8 Å². The number of carbonyl (C=O) groups is 1. The average Bonchev–Trinajstić information content (AvgIpc) is 2.89. The van der Waals surface area contributed by atoms with Gasteiger partial charge in [0.1, 0.15) is 0 Å². The van der Waals surface area contributed by atoms with Crippen LogP contribution >= 0.6 is 0 Å². The lowest BCUT2D eigenvalue weighted by Gasteiger charge is -2.40. The first-order valence-corrected chi connectivity index (χ1v) is 7.72. The summed E-state index contributed by atoms with van der Waals surface area (Å²) in [7, 11) is 3.58. The van der Waals surface area contributed by atoms with E-state index in [1.165, 1.54) is 0 Å². The zero-order chi connectivity index (χ0) is 15.6. The summed E-state index contributed by atoms with van der Waals surface area (Å²) in [6, 6.07) is 2.05. The lowest BCUT2D eigenvalue weighted by molar-refractivity contribution is -0.0430. The van der Waals surface area contributed by atoms with Gasteiger partial charge in [-0.3, -0.25) is 0 Å². The van der Waals surface area contributed by atoms with Crippen LogP contribution in [0.25, 0.3) is 0 Å². The molecule has 2 amide bonds. The van der Waals surface area contributed by atoms with Crippen molar-refractivity contribution < 1.29 is 9.53 Å². The Morgan fingerprint density at radius 3 is 2.95 bits per heavy atom. The lowest BCUT2D eigenvalue weighted by atomic mass is 9.89. The van der Waals surface area contributed by atoms with Gasteiger partial charge in [0.15, 0.2) is 0 Å². The van der Waals surface area contributed by atoms with Gasteiger partial charge < -0.3 is 19.9 Å². The summed E-state index contributed by atoms with van der Waals surface area (Å²) >= 11 is 0. The van der Waals surface area contributed by atoms with E-state index in [2.05, 4.69) is 15.3 Å². The third kappa shape index (κ3) is 3.14. The molecule has 2 aliphatic rings. The van der Waals surface area contributed by atoms with Gasteiger partial charge in [0.25, 0.3) is 0 Å². The van der Waals surface area contributed by atoms with Crippen molar-refractivity contribution in [2.24, 2.45) is 0 Å². The van der Waals surface area contributed by atoms with Crippen molar-refractivity contribution in [2.45, 2.75) is 30.9 Å². The van der Waals surface area contributed by atoms with E-state index in [0.29, 0.717) is 19.1 Å². The molecule has 7 nitrogen and oxygen atoms in total. The van der Waals surface area contributed by atoms with E-state index in [1.807, 2.05) is 4.90 Å². The molecule has 2 fully saturated rings. The van der Waals surface area contributed by atoms with Crippen LogP contribution in [0.2, 0.25) is 0 Å². The van der Waals surface area contributed by atoms with E-state index in [0.717, 1.165) is 25.8 Å². The molecule has 22 heavy (non-hydrogen) atoms. The summed E-state index contributed by atoms with van der Waals surface area (Å²) in [6.07, 6.45) is 6.30. The van der Waals surface area contributed by atoms with Crippen LogP contribution in [0, 0.1) is 0 Å². The summed E-state index contributed by atoms with van der Waals surface area (Å²) in [5.41, 5.74) is -0.226. The number of urea groups is 1. The van der Waals surface area contributed by atoms with Crippen molar-refractivity contribution in [2.75, 3.05) is 39.1 Å². The molecule has 0 aliphatic carbocycles.